The first-order valence-corrected chi connectivity index (χ1v) is 14.6. The van der Waals surface area contributed by atoms with Crippen LogP contribution in [-0.2, 0) is 5.41 Å². The monoisotopic (exact) mass is 528 g/mol. The van der Waals surface area contributed by atoms with Crippen molar-refractivity contribution in [3.05, 3.63) is 144 Å². The smallest absolute Gasteiger partial charge is 0.0541 e. The maximum atomic E-state index is 3.65. The van der Waals surface area contributed by atoms with Crippen molar-refractivity contribution in [2.45, 2.75) is 32.1 Å². The lowest BCUT2D eigenvalue weighted by Gasteiger charge is -2.26. The van der Waals surface area contributed by atoms with Gasteiger partial charge >= 0.3 is 0 Å². The van der Waals surface area contributed by atoms with Gasteiger partial charge in [-0.05, 0) is 89.2 Å². The minimum Gasteiger partial charge on any atom is -0.356 e. The number of fused-ring (bicyclic) bond motifs is 5. The normalized spacial score (nSPS) is 15.4. The highest BCUT2D eigenvalue weighted by Gasteiger charge is 2.37. The van der Waals surface area contributed by atoms with Gasteiger partial charge < -0.3 is 9.88 Å². The molecule has 2 aliphatic carbocycles. The van der Waals surface area contributed by atoms with Crippen LogP contribution < -0.4 is 5.32 Å². The van der Waals surface area contributed by atoms with Gasteiger partial charge in [0, 0.05) is 33.2 Å². The molecular weight excluding hydrogens is 496 g/mol. The van der Waals surface area contributed by atoms with Gasteiger partial charge in [-0.25, -0.2) is 0 Å². The number of rotatable bonds is 4. The number of hydrogen-bond donors (Lipinski definition) is 1. The lowest BCUT2D eigenvalue weighted by atomic mass is 9.78. The van der Waals surface area contributed by atoms with Crippen LogP contribution in [0.1, 0.15) is 37.8 Å². The van der Waals surface area contributed by atoms with E-state index in [0.717, 1.165) is 24.2 Å². The number of aromatic nitrogens is 1. The predicted octanol–water partition coefficient (Wildman–Crippen LogP) is 10.6. The van der Waals surface area contributed by atoms with Crippen molar-refractivity contribution in [3.63, 3.8) is 0 Å². The molecule has 41 heavy (non-hydrogen) atoms. The molecule has 0 atom stereocenters. The Balaban J connectivity index is 1.05. The lowest BCUT2D eigenvalue weighted by Crippen LogP contribution is -2.17. The quantitative estimate of drug-likeness (QED) is 0.241. The molecule has 2 aliphatic rings. The SMILES string of the molecule is CC1(C)C2=C(C=CCC2)c2ccc(Nc3ccc(-c4ccc(-n5c6ccccc6c6ccccc65)cc4)cc3)cc21. The molecule has 2 nitrogen and oxygen atoms in total. The standard InChI is InChI=1S/C39H32N2/c1-39(2)35-12-6-3-9-31(35)32-24-21-29(25-36(32)39)40-28-19-15-26(16-20-28)27-17-22-30(23-18-27)41-37-13-7-4-10-33(37)34-11-5-8-14-38(34)41/h3-5,7-11,13-25,40H,6,12H2,1-2H3. The maximum absolute atomic E-state index is 3.65. The molecule has 1 heterocycles. The van der Waals surface area contributed by atoms with Crippen LogP contribution in [-0.4, -0.2) is 4.57 Å². The molecule has 0 saturated carbocycles. The second-order valence-corrected chi connectivity index (χ2v) is 11.8. The number of nitrogens with zero attached hydrogens (tertiary/aromatic N) is 1. The molecule has 198 valence electrons. The molecule has 2 heteroatoms. The van der Waals surface area contributed by atoms with E-state index in [1.807, 2.05) is 0 Å². The van der Waals surface area contributed by atoms with Crippen LogP contribution in [0.25, 0.3) is 44.2 Å². The van der Waals surface area contributed by atoms with Gasteiger partial charge in [0.1, 0.15) is 0 Å². The number of allylic oxidation sites excluding steroid dienone is 4. The largest absolute Gasteiger partial charge is 0.356 e. The molecule has 0 amide bonds. The summed E-state index contributed by atoms with van der Waals surface area (Å²) in [5.41, 5.74) is 14.2. The van der Waals surface area contributed by atoms with Gasteiger partial charge in [-0.15, -0.1) is 0 Å². The zero-order chi connectivity index (χ0) is 27.6. The molecule has 0 bridgehead atoms. The van der Waals surface area contributed by atoms with Crippen molar-refractivity contribution < 1.29 is 0 Å². The Bertz CT molecular complexity index is 1960. The van der Waals surface area contributed by atoms with Gasteiger partial charge in [0.25, 0.3) is 0 Å². The number of anilines is 2. The highest BCUT2D eigenvalue weighted by atomic mass is 15.0. The van der Waals surface area contributed by atoms with Gasteiger partial charge in [-0.2, -0.15) is 0 Å². The Hall–Kier alpha value is -4.82. The summed E-state index contributed by atoms with van der Waals surface area (Å²) >= 11 is 0. The number of nitrogens with one attached hydrogen (secondary N) is 1. The molecular formula is C39H32N2. The fourth-order valence-corrected chi connectivity index (χ4v) is 7.02. The lowest BCUT2D eigenvalue weighted by molar-refractivity contribution is 0.607. The van der Waals surface area contributed by atoms with Gasteiger partial charge in [0.2, 0.25) is 0 Å². The van der Waals surface area contributed by atoms with Crippen LogP contribution in [0.5, 0.6) is 0 Å². The van der Waals surface area contributed by atoms with Crippen molar-refractivity contribution in [2.75, 3.05) is 5.32 Å². The number of para-hydroxylation sites is 2. The van der Waals surface area contributed by atoms with E-state index in [-0.39, 0.29) is 5.41 Å². The molecule has 1 N–H and O–H groups in total. The average molecular weight is 529 g/mol. The Labute approximate surface area is 241 Å². The third-order valence-electron chi connectivity index (χ3n) is 9.12. The molecule has 0 unspecified atom stereocenters. The van der Waals surface area contributed by atoms with E-state index in [2.05, 4.69) is 151 Å². The third-order valence-corrected chi connectivity index (χ3v) is 9.12. The summed E-state index contributed by atoms with van der Waals surface area (Å²) in [6, 6.07) is 41.9. The van der Waals surface area contributed by atoms with Crippen LogP contribution in [0.2, 0.25) is 0 Å². The zero-order valence-electron chi connectivity index (χ0n) is 23.5. The van der Waals surface area contributed by atoms with Crippen LogP contribution in [0, 0.1) is 0 Å². The molecule has 0 radical (unpaired) electrons. The summed E-state index contributed by atoms with van der Waals surface area (Å²) in [5.74, 6) is 0. The first-order chi connectivity index (χ1) is 20.1. The van der Waals surface area contributed by atoms with Gasteiger partial charge in [0.05, 0.1) is 11.0 Å². The van der Waals surface area contributed by atoms with Crippen molar-refractivity contribution >= 4 is 38.8 Å². The van der Waals surface area contributed by atoms with Gasteiger partial charge in [-0.1, -0.05) is 98.3 Å². The fraction of sp³-hybridized carbons (Fsp3) is 0.128. The summed E-state index contributed by atoms with van der Waals surface area (Å²) in [6.07, 6.45) is 6.96. The van der Waals surface area contributed by atoms with E-state index < -0.39 is 0 Å². The Morgan fingerprint density at radius 2 is 1.27 bits per heavy atom. The zero-order valence-corrected chi connectivity index (χ0v) is 23.5. The second kappa shape index (κ2) is 9.11. The molecule has 0 saturated heterocycles. The summed E-state index contributed by atoms with van der Waals surface area (Å²) in [4.78, 5) is 0. The molecule has 5 aromatic carbocycles. The van der Waals surface area contributed by atoms with Gasteiger partial charge in [-0.3, -0.25) is 0 Å². The number of benzene rings is 5. The molecule has 0 fully saturated rings. The summed E-state index contributed by atoms with van der Waals surface area (Å²) in [6.45, 7) is 4.75. The third kappa shape index (κ3) is 3.78. The highest BCUT2D eigenvalue weighted by Crippen LogP contribution is 2.50. The Kier molecular flexibility index (Phi) is 5.33. The van der Waals surface area contributed by atoms with Crippen molar-refractivity contribution in [3.8, 4) is 16.8 Å². The van der Waals surface area contributed by atoms with Crippen LogP contribution in [0.15, 0.2) is 133 Å². The van der Waals surface area contributed by atoms with E-state index in [0.29, 0.717) is 0 Å². The van der Waals surface area contributed by atoms with Crippen molar-refractivity contribution in [2.24, 2.45) is 0 Å². The number of hydrogen-bond acceptors (Lipinski definition) is 1. The molecule has 1 aromatic heterocycles. The summed E-state index contributed by atoms with van der Waals surface area (Å²) in [7, 11) is 0. The molecule has 8 rings (SSSR count). The summed E-state index contributed by atoms with van der Waals surface area (Å²) < 4.78 is 2.36. The van der Waals surface area contributed by atoms with E-state index in [4.69, 9.17) is 0 Å². The van der Waals surface area contributed by atoms with Crippen molar-refractivity contribution in [1.82, 2.24) is 4.57 Å². The van der Waals surface area contributed by atoms with Gasteiger partial charge in [0.15, 0.2) is 0 Å². The van der Waals surface area contributed by atoms with E-state index in [1.165, 1.54) is 55.3 Å². The average Bonchev–Trinajstić information content (AvgIpc) is 3.47. The minimum atomic E-state index is 0.0857. The van der Waals surface area contributed by atoms with Crippen LogP contribution >= 0.6 is 0 Å². The molecule has 6 aromatic rings. The van der Waals surface area contributed by atoms with Crippen LogP contribution in [0.3, 0.4) is 0 Å². The Morgan fingerprint density at radius 1 is 0.659 bits per heavy atom. The first kappa shape index (κ1) is 24.0. The van der Waals surface area contributed by atoms with E-state index in [9.17, 15) is 0 Å². The van der Waals surface area contributed by atoms with Crippen LogP contribution in [0.4, 0.5) is 11.4 Å². The van der Waals surface area contributed by atoms with E-state index in [1.54, 1.807) is 5.57 Å². The topological polar surface area (TPSA) is 17.0 Å². The minimum absolute atomic E-state index is 0.0857. The fourth-order valence-electron chi connectivity index (χ4n) is 7.02. The predicted molar refractivity (Wildman–Crippen MR) is 174 cm³/mol. The maximum Gasteiger partial charge on any atom is 0.0541 e. The summed E-state index contributed by atoms with van der Waals surface area (Å²) in [5, 5.41) is 6.23. The highest BCUT2D eigenvalue weighted by molar-refractivity contribution is 6.09. The van der Waals surface area contributed by atoms with Crippen molar-refractivity contribution in [1.29, 1.82) is 0 Å². The molecule has 0 aliphatic heterocycles. The Morgan fingerprint density at radius 3 is 1.95 bits per heavy atom. The first-order valence-electron chi connectivity index (χ1n) is 14.6. The molecule has 0 spiro atoms. The second-order valence-electron chi connectivity index (χ2n) is 11.8. The van der Waals surface area contributed by atoms with E-state index >= 15 is 0 Å².